The minimum atomic E-state index is -0.393. The number of rotatable bonds is 5. The molecular formula is C18H16ClN3O3. The smallest absolute Gasteiger partial charge is 0.319 e. The number of urea groups is 1. The quantitative estimate of drug-likeness (QED) is 0.637. The first-order chi connectivity index (χ1) is 12.1. The van der Waals surface area contributed by atoms with Gasteiger partial charge >= 0.3 is 6.03 Å². The van der Waals surface area contributed by atoms with Gasteiger partial charge in [0.15, 0.2) is 0 Å². The van der Waals surface area contributed by atoms with Crippen molar-refractivity contribution in [3.8, 4) is 0 Å². The molecule has 4 amide bonds. The zero-order valence-corrected chi connectivity index (χ0v) is 14.0. The lowest BCUT2D eigenvalue weighted by atomic mass is 10.1. The van der Waals surface area contributed by atoms with Crippen LogP contribution in [0.2, 0.25) is 5.02 Å². The molecule has 0 radical (unpaired) electrons. The van der Waals surface area contributed by atoms with Crippen molar-refractivity contribution in [1.29, 1.82) is 0 Å². The minimum absolute atomic E-state index is 0.249. The van der Waals surface area contributed by atoms with E-state index in [2.05, 4.69) is 10.6 Å². The lowest BCUT2D eigenvalue weighted by Gasteiger charge is -2.14. The van der Waals surface area contributed by atoms with Gasteiger partial charge in [-0.25, -0.2) is 4.79 Å². The number of anilines is 1. The first-order valence-corrected chi connectivity index (χ1v) is 8.20. The van der Waals surface area contributed by atoms with Gasteiger partial charge < -0.3 is 10.6 Å². The number of carbonyl (C=O) groups excluding carboxylic acids is 3. The van der Waals surface area contributed by atoms with Crippen molar-refractivity contribution < 1.29 is 14.4 Å². The van der Waals surface area contributed by atoms with Crippen molar-refractivity contribution in [3.05, 3.63) is 64.7 Å². The molecular weight excluding hydrogens is 342 g/mol. The maximum absolute atomic E-state index is 12.2. The highest BCUT2D eigenvalue weighted by atomic mass is 35.5. The summed E-state index contributed by atoms with van der Waals surface area (Å²) in [5.41, 5.74) is 1.37. The molecule has 128 valence electrons. The molecule has 0 fully saturated rings. The molecule has 7 heteroatoms. The van der Waals surface area contributed by atoms with E-state index in [0.29, 0.717) is 34.8 Å². The summed E-state index contributed by atoms with van der Waals surface area (Å²) in [7, 11) is 0. The highest BCUT2D eigenvalue weighted by Crippen LogP contribution is 2.22. The topological polar surface area (TPSA) is 78.5 Å². The third-order valence-electron chi connectivity index (χ3n) is 3.84. The molecule has 6 nitrogen and oxygen atoms in total. The predicted octanol–water partition coefficient (Wildman–Crippen LogP) is 3.15. The Morgan fingerprint density at radius 1 is 0.960 bits per heavy atom. The van der Waals surface area contributed by atoms with Gasteiger partial charge in [0.05, 0.1) is 21.8 Å². The van der Waals surface area contributed by atoms with Crippen LogP contribution in [0, 0.1) is 0 Å². The fourth-order valence-electron chi connectivity index (χ4n) is 2.61. The third-order valence-corrected chi connectivity index (χ3v) is 4.17. The maximum atomic E-state index is 12.2. The van der Waals surface area contributed by atoms with Gasteiger partial charge in [0.25, 0.3) is 11.8 Å². The summed E-state index contributed by atoms with van der Waals surface area (Å²) in [6, 6.07) is 13.3. The fraction of sp³-hybridized carbons (Fsp3) is 0.167. The van der Waals surface area contributed by atoms with Gasteiger partial charge in [-0.15, -0.1) is 0 Å². The van der Waals surface area contributed by atoms with E-state index >= 15 is 0 Å². The number of nitrogens with zero attached hydrogens (tertiary/aromatic N) is 1. The zero-order valence-electron chi connectivity index (χ0n) is 13.3. The SMILES string of the molecule is O=C(NCCCN1C(=O)c2ccccc2C1=O)Nc1ccccc1Cl. The number of hydrogen-bond donors (Lipinski definition) is 2. The molecule has 0 saturated carbocycles. The summed E-state index contributed by atoms with van der Waals surface area (Å²) in [6.45, 7) is 0.572. The van der Waals surface area contributed by atoms with E-state index in [1.807, 2.05) is 0 Å². The van der Waals surface area contributed by atoms with Crippen LogP contribution in [0.3, 0.4) is 0 Å². The second-order valence-electron chi connectivity index (χ2n) is 5.52. The van der Waals surface area contributed by atoms with Crippen LogP contribution in [0.5, 0.6) is 0 Å². The lowest BCUT2D eigenvalue weighted by Crippen LogP contribution is -2.35. The van der Waals surface area contributed by atoms with Crippen LogP contribution in [-0.2, 0) is 0 Å². The molecule has 0 spiro atoms. The van der Waals surface area contributed by atoms with Crippen molar-refractivity contribution >= 4 is 35.1 Å². The fourth-order valence-corrected chi connectivity index (χ4v) is 2.79. The highest BCUT2D eigenvalue weighted by molar-refractivity contribution is 6.33. The normalized spacial score (nSPS) is 12.9. The molecule has 0 aromatic heterocycles. The molecule has 0 atom stereocenters. The number of halogens is 1. The number of hydrogen-bond acceptors (Lipinski definition) is 3. The van der Waals surface area contributed by atoms with E-state index in [0.717, 1.165) is 0 Å². The molecule has 0 saturated heterocycles. The molecule has 0 unspecified atom stereocenters. The highest BCUT2D eigenvalue weighted by Gasteiger charge is 2.34. The Bertz CT molecular complexity index is 803. The van der Waals surface area contributed by atoms with Crippen molar-refractivity contribution in [3.63, 3.8) is 0 Å². The van der Waals surface area contributed by atoms with Gasteiger partial charge in [-0.1, -0.05) is 35.9 Å². The first kappa shape index (κ1) is 17.0. The lowest BCUT2D eigenvalue weighted by molar-refractivity contribution is 0.0653. The Labute approximate surface area is 149 Å². The van der Waals surface area contributed by atoms with Crippen LogP contribution in [-0.4, -0.2) is 35.8 Å². The van der Waals surface area contributed by atoms with Gasteiger partial charge in [0.1, 0.15) is 0 Å². The maximum Gasteiger partial charge on any atom is 0.319 e. The van der Waals surface area contributed by atoms with E-state index in [1.165, 1.54) is 4.90 Å². The van der Waals surface area contributed by atoms with Crippen LogP contribution in [0.15, 0.2) is 48.5 Å². The monoisotopic (exact) mass is 357 g/mol. The summed E-state index contributed by atoms with van der Waals surface area (Å²) in [5.74, 6) is -0.581. The Hall–Kier alpha value is -2.86. The van der Waals surface area contributed by atoms with Crippen LogP contribution < -0.4 is 10.6 Å². The largest absolute Gasteiger partial charge is 0.338 e. The first-order valence-electron chi connectivity index (χ1n) is 7.82. The number of benzene rings is 2. The second-order valence-corrected chi connectivity index (χ2v) is 5.93. The summed E-state index contributed by atoms with van der Waals surface area (Å²) in [6.07, 6.45) is 0.460. The Kier molecular flexibility index (Phi) is 5.00. The van der Waals surface area contributed by atoms with Gasteiger partial charge in [0.2, 0.25) is 0 Å². The number of carbonyl (C=O) groups is 3. The van der Waals surface area contributed by atoms with Gasteiger partial charge in [-0.3, -0.25) is 14.5 Å². The zero-order chi connectivity index (χ0) is 17.8. The Balaban J connectivity index is 1.46. The summed E-state index contributed by atoms with van der Waals surface area (Å²) in [5, 5.41) is 5.76. The van der Waals surface area contributed by atoms with E-state index in [-0.39, 0.29) is 18.4 Å². The molecule has 1 heterocycles. The molecule has 1 aliphatic rings. The second kappa shape index (κ2) is 7.36. The van der Waals surface area contributed by atoms with Gasteiger partial charge in [-0.2, -0.15) is 0 Å². The average Bonchev–Trinajstić information content (AvgIpc) is 2.86. The van der Waals surface area contributed by atoms with E-state index in [9.17, 15) is 14.4 Å². The van der Waals surface area contributed by atoms with Gasteiger partial charge in [-0.05, 0) is 30.7 Å². The summed E-state index contributed by atoms with van der Waals surface area (Å²) < 4.78 is 0. The Morgan fingerprint density at radius 2 is 1.56 bits per heavy atom. The van der Waals surface area contributed by atoms with Crippen LogP contribution in [0.25, 0.3) is 0 Å². The molecule has 25 heavy (non-hydrogen) atoms. The van der Waals surface area contributed by atoms with Crippen molar-refractivity contribution in [2.75, 3.05) is 18.4 Å². The molecule has 3 rings (SSSR count). The molecule has 0 bridgehead atoms. The Morgan fingerprint density at radius 3 is 2.20 bits per heavy atom. The van der Waals surface area contributed by atoms with E-state index < -0.39 is 6.03 Å². The average molecular weight is 358 g/mol. The molecule has 1 aliphatic heterocycles. The van der Waals surface area contributed by atoms with E-state index in [1.54, 1.807) is 48.5 Å². The summed E-state index contributed by atoms with van der Waals surface area (Å²) >= 11 is 5.97. The van der Waals surface area contributed by atoms with E-state index in [4.69, 9.17) is 11.6 Å². The summed E-state index contributed by atoms with van der Waals surface area (Å²) in [4.78, 5) is 37.5. The van der Waals surface area contributed by atoms with Crippen molar-refractivity contribution in [2.45, 2.75) is 6.42 Å². The van der Waals surface area contributed by atoms with Crippen LogP contribution in [0.1, 0.15) is 27.1 Å². The molecule has 2 aromatic rings. The van der Waals surface area contributed by atoms with Gasteiger partial charge in [0, 0.05) is 13.1 Å². The van der Waals surface area contributed by atoms with Crippen LogP contribution >= 0.6 is 11.6 Å². The number of nitrogens with one attached hydrogen (secondary N) is 2. The molecule has 0 aliphatic carbocycles. The number of imide groups is 1. The minimum Gasteiger partial charge on any atom is -0.338 e. The van der Waals surface area contributed by atoms with Crippen molar-refractivity contribution in [1.82, 2.24) is 10.2 Å². The molecule has 2 N–H and O–H groups in total. The molecule has 2 aromatic carbocycles. The van der Waals surface area contributed by atoms with Crippen molar-refractivity contribution in [2.24, 2.45) is 0 Å². The third kappa shape index (κ3) is 3.64. The predicted molar refractivity (Wildman–Crippen MR) is 94.9 cm³/mol. The number of amides is 4. The standard InChI is InChI=1S/C18H16ClN3O3/c19-14-8-3-4-9-15(14)21-18(25)20-10-5-11-22-16(23)12-6-1-2-7-13(12)17(22)24/h1-4,6-9H,5,10-11H2,(H2,20,21,25). The number of para-hydroxylation sites is 1. The van der Waals surface area contributed by atoms with Crippen LogP contribution in [0.4, 0.5) is 10.5 Å². The number of fused-ring (bicyclic) bond motifs is 1.